The average Bonchev–Trinajstić information content (AvgIpc) is 2.98. The van der Waals surface area contributed by atoms with E-state index < -0.39 is 53.4 Å². The summed E-state index contributed by atoms with van der Waals surface area (Å²) in [6, 6.07) is 14.2. The van der Waals surface area contributed by atoms with Crippen molar-refractivity contribution >= 4 is 82.2 Å². The maximum atomic E-state index is 12.2. The second kappa shape index (κ2) is 11.6. The highest BCUT2D eigenvalue weighted by atomic mass is 32.2. The van der Waals surface area contributed by atoms with Crippen LogP contribution >= 0.6 is 0 Å². The van der Waals surface area contributed by atoms with E-state index >= 15 is 0 Å². The summed E-state index contributed by atoms with van der Waals surface area (Å²) in [5, 5.41) is 45.8. The van der Waals surface area contributed by atoms with Crippen molar-refractivity contribution in [2.45, 2.75) is 9.79 Å². The van der Waals surface area contributed by atoms with E-state index in [1.54, 1.807) is 0 Å². The minimum Gasteiger partial charge on any atom is -0.505 e. The number of aromatic hydroxyl groups is 1. The molecular formula is C28H19N5O11S2. The summed E-state index contributed by atoms with van der Waals surface area (Å²) in [7, 11) is -9.68. The number of nitrogens with zero attached hydrogens (tertiary/aromatic N) is 4. The molecule has 0 bridgehead atoms. The van der Waals surface area contributed by atoms with Gasteiger partial charge in [-0.3, -0.25) is 9.11 Å². The van der Waals surface area contributed by atoms with Gasteiger partial charge >= 0.3 is 11.9 Å². The van der Waals surface area contributed by atoms with E-state index in [1.165, 1.54) is 36.4 Å². The quantitative estimate of drug-likeness (QED) is 0.0632. The highest BCUT2D eigenvalue weighted by Crippen LogP contribution is 2.43. The van der Waals surface area contributed by atoms with E-state index in [-0.39, 0.29) is 55.4 Å². The molecule has 0 saturated carbocycles. The zero-order valence-corrected chi connectivity index (χ0v) is 24.4. The van der Waals surface area contributed by atoms with Gasteiger partial charge in [0.25, 0.3) is 20.2 Å². The van der Waals surface area contributed by atoms with Gasteiger partial charge in [0.15, 0.2) is 5.75 Å². The fourth-order valence-corrected chi connectivity index (χ4v) is 5.58. The molecule has 0 saturated heterocycles. The van der Waals surface area contributed by atoms with Crippen molar-refractivity contribution in [3.05, 3.63) is 83.9 Å². The Balaban J connectivity index is 1.69. The number of nitrogen functional groups attached to an aromatic ring is 1. The second-order valence-corrected chi connectivity index (χ2v) is 12.4. The topological polar surface area (TPSA) is 279 Å². The van der Waals surface area contributed by atoms with E-state index in [2.05, 4.69) is 20.5 Å². The fourth-order valence-electron chi connectivity index (χ4n) is 4.41. The number of azo groups is 2. The van der Waals surface area contributed by atoms with E-state index in [1.807, 2.05) is 0 Å². The maximum absolute atomic E-state index is 12.2. The van der Waals surface area contributed by atoms with Crippen molar-refractivity contribution in [3.8, 4) is 5.75 Å². The zero-order valence-electron chi connectivity index (χ0n) is 22.8. The molecular weight excluding hydrogens is 646 g/mol. The van der Waals surface area contributed by atoms with Gasteiger partial charge < -0.3 is 21.1 Å². The SMILES string of the molecule is Nc1ccc2cc(S(=O)(=O)O)c(/N=N/c3ccc(/N=N/c4cc(C(=O)O)cc(C(=O)O)c4)c4ccc(S(=O)(=O)O)cc34)c(O)c2c1. The van der Waals surface area contributed by atoms with Crippen LogP contribution in [0.1, 0.15) is 20.7 Å². The Hall–Kier alpha value is -5.82. The number of fused-ring (bicyclic) bond motifs is 2. The molecule has 0 aliphatic rings. The van der Waals surface area contributed by atoms with Gasteiger partial charge in [0.2, 0.25) is 0 Å². The standard InChI is InChI=1S/C28H19N5O11S2/c29-16-2-1-13-10-24(46(42,43)44)25(26(34)20(13)11-16)33-32-23-6-5-22(19-4-3-18(12-21(19)23)45(39,40)41)31-30-17-8-14(27(35)36)7-15(9-17)28(37)38/h1-12,34H,29H2,(H,35,36)(H,37,38)(H,39,40,41)(H,42,43,44)/b31-30+,33-32+. The summed E-state index contributed by atoms with van der Waals surface area (Å²) in [5.74, 6) is -3.50. The number of phenols is 1. The van der Waals surface area contributed by atoms with Gasteiger partial charge in [-0.25, -0.2) is 9.59 Å². The van der Waals surface area contributed by atoms with Gasteiger partial charge in [0, 0.05) is 21.8 Å². The molecule has 0 aliphatic heterocycles. The number of anilines is 1. The van der Waals surface area contributed by atoms with Crippen molar-refractivity contribution in [1.82, 2.24) is 0 Å². The van der Waals surface area contributed by atoms with E-state index in [4.69, 9.17) is 5.73 Å². The molecule has 0 aliphatic carbocycles. The van der Waals surface area contributed by atoms with Crippen molar-refractivity contribution in [2.24, 2.45) is 20.5 Å². The normalized spacial score (nSPS) is 12.4. The molecule has 0 amide bonds. The van der Waals surface area contributed by atoms with Crippen LogP contribution in [0.15, 0.2) is 103 Å². The number of phenolic OH excluding ortho intramolecular Hbond substituents is 1. The second-order valence-electron chi connectivity index (χ2n) is 9.59. The van der Waals surface area contributed by atoms with Gasteiger partial charge in [0.05, 0.1) is 33.1 Å². The molecule has 0 spiro atoms. The molecule has 5 rings (SSSR count). The van der Waals surface area contributed by atoms with Gasteiger partial charge in [-0.2, -0.15) is 21.9 Å². The van der Waals surface area contributed by atoms with Crippen molar-refractivity contribution in [3.63, 3.8) is 0 Å². The van der Waals surface area contributed by atoms with Gasteiger partial charge in [-0.05, 0) is 66.0 Å². The van der Waals surface area contributed by atoms with Crippen LogP contribution in [0, 0.1) is 0 Å². The Labute approximate surface area is 258 Å². The Morgan fingerprint density at radius 3 is 1.83 bits per heavy atom. The third-order valence-corrected chi connectivity index (χ3v) is 8.25. The first kappa shape index (κ1) is 31.6. The van der Waals surface area contributed by atoms with Gasteiger partial charge in [0.1, 0.15) is 10.6 Å². The van der Waals surface area contributed by atoms with Crippen molar-refractivity contribution in [1.29, 1.82) is 0 Å². The molecule has 0 heterocycles. The molecule has 16 nitrogen and oxygen atoms in total. The summed E-state index contributed by atoms with van der Waals surface area (Å²) >= 11 is 0. The lowest BCUT2D eigenvalue weighted by molar-refractivity contribution is 0.0696. The Bertz CT molecular complexity index is 2380. The summed E-state index contributed by atoms with van der Waals surface area (Å²) in [5.41, 5.74) is 4.44. The van der Waals surface area contributed by atoms with Crippen LogP contribution in [0.25, 0.3) is 21.5 Å². The third kappa shape index (κ3) is 6.35. The number of aromatic carboxylic acids is 2. The number of nitrogens with two attached hydrogens (primary N) is 1. The van der Waals surface area contributed by atoms with E-state index in [9.17, 15) is 50.8 Å². The summed E-state index contributed by atoms with van der Waals surface area (Å²) < 4.78 is 67.7. The predicted octanol–water partition coefficient (Wildman–Crippen LogP) is 6.00. The number of carbonyl (C=O) groups is 2. The molecule has 0 unspecified atom stereocenters. The lowest BCUT2D eigenvalue weighted by Crippen LogP contribution is -2.01. The Morgan fingerprint density at radius 1 is 0.630 bits per heavy atom. The number of benzene rings is 5. The van der Waals surface area contributed by atoms with Crippen LogP contribution in [-0.2, 0) is 20.2 Å². The van der Waals surface area contributed by atoms with Crippen LogP contribution in [0.3, 0.4) is 0 Å². The monoisotopic (exact) mass is 665 g/mol. The minimum absolute atomic E-state index is 0.0150. The fraction of sp³-hybridized carbons (Fsp3) is 0. The van der Waals surface area contributed by atoms with Crippen LogP contribution in [0.2, 0.25) is 0 Å². The van der Waals surface area contributed by atoms with E-state index in [0.29, 0.717) is 0 Å². The van der Waals surface area contributed by atoms with Gasteiger partial charge in [-0.1, -0.05) is 12.1 Å². The number of hydrogen-bond acceptors (Lipinski definition) is 12. The van der Waals surface area contributed by atoms with Crippen LogP contribution < -0.4 is 5.73 Å². The smallest absolute Gasteiger partial charge is 0.335 e. The summed E-state index contributed by atoms with van der Waals surface area (Å²) in [4.78, 5) is 21.5. The molecule has 5 aromatic rings. The molecule has 18 heteroatoms. The van der Waals surface area contributed by atoms with Gasteiger partial charge in [-0.15, -0.1) is 15.3 Å². The number of carboxylic acid groups (broad SMARTS) is 2. The zero-order chi connectivity index (χ0) is 33.6. The Kier molecular flexibility index (Phi) is 7.97. The maximum Gasteiger partial charge on any atom is 0.335 e. The number of hydrogen-bond donors (Lipinski definition) is 6. The van der Waals surface area contributed by atoms with Crippen LogP contribution in [0.4, 0.5) is 28.4 Å². The number of carboxylic acids is 2. The number of rotatable bonds is 8. The molecule has 0 atom stereocenters. The molecule has 46 heavy (non-hydrogen) atoms. The highest BCUT2D eigenvalue weighted by Gasteiger charge is 2.22. The molecule has 5 aromatic carbocycles. The van der Waals surface area contributed by atoms with Crippen LogP contribution in [0.5, 0.6) is 5.75 Å². The highest BCUT2D eigenvalue weighted by molar-refractivity contribution is 7.86. The lowest BCUT2D eigenvalue weighted by Gasteiger charge is -2.10. The lowest BCUT2D eigenvalue weighted by atomic mass is 10.1. The van der Waals surface area contributed by atoms with Crippen LogP contribution in [-0.4, -0.2) is 53.2 Å². The minimum atomic E-state index is -4.95. The Morgan fingerprint density at radius 2 is 1.24 bits per heavy atom. The molecule has 0 radical (unpaired) electrons. The van der Waals surface area contributed by atoms with E-state index in [0.717, 1.165) is 36.4 Å². The summed E-state index contributed by atoms with van der Waals surface area (Å²) in [6.45, 7) is 0. The first-order valence-corrected chi connectivity index (χ1v) is 15.4. The third-order valence-electron chi connectivity index (χ3n) is 6.54. The largest absolute Gasteiger partial charge is 0.505 e. The molecule has 0 aromatic heterocycles. The molecule has 0 fully saturated rings. The summed E-state index contributed by atoms with van der Waals surface area (Å²) in [6.07, 6.45) is 0. The van der Waals surface area contributed by atoms with Crippen molar-refractivity contribution in [2.75, 3.05) is 5.73 Å². The molecule has 7 N–H and O–H groups in total. The average molecular weight is 666 g/mol. The molecule has 234 valence electrons. The predicted molar refractivity (Wildman–Crippen MR) is 162 cm³/mol. The first-order valence-electron chi connectivity index (χ1n) is 12.5. The van der Waals surface area contributed by atoms with Crippen molar-refractivity contribution < 1.29 is 50.8 Å². The first-order chi connectivity index (χ1) is 21.5.